The highest BCUT2D eigenvalue weighted by atomic mass is 16.5. The van der Waals surface area contributed by atoms with Gasteiger partial charge >= 0.3 is 0 Å². The summed E-state index contributed by atoms with van der Waals surface area (Å²) in [7, 11) is 0. The fourth-order valence-electron chi connectivity index (χ4n) is 4.57. The van der Waals surface area contributed by atoms with Crippen molar-refractivity contribution in [3.05, 3.63) is 89.7 Å². The molecule has 0 aliphatic carbocycles. The third-order valence-electron chi connectivity index (χ3n) is 6.08. The number of nitrogens with one attached hydrogen (secondary N) is 1. The van der Waals surface area contributed by atoms with Crippen molar-refractivity contribution < 1.29 is 14.8 Å². The first-order chi connectivity index (χ1) is 16.0. The van der Waals surface area contributed by atoms with Crippen molar-refractivity contribution in [2.24, 2.45) is 0 Å². The highest BCUT2D eigenvalue weighted by Gasteiger charge is 2.33. The van der Waals surface area contributed by atoms with Crippen LogP contribution in [0.4, 0.5) is 0 Å². The van der Waals surface area contributed by atoms with Crippen molar-refractivity contribution in [1.82, 2.24) is 20.3 Å². The Morgan fingerprint density at radius 2 is 1.61 bits per heavy atom. The van der Waals surface area contributed by atoms with Gasteiger partial charge in [0.1, 0.15) is 0 Å². The Morgan fingerprint density at radius 3 is 2.24 bits per heavy atom. The minimum absolute atomic E-state index is 0.0462. The summed E-state index contributed by atoms with van der Waals surface area (Å²) in [6, 6.07) is 18.9. The summed E-state index contributed by atoms with van der Waals surface area (Å²) in [6.45, 7) is 6.43. The van der Waals surface area contributed by atoms with Crippen molar-refractivity contribution in [2.75, 3.05) is 13.1 Å². The van der Waals surface area contributed by atoms with Crippen LogP contribution in [0.15, 0.2) is 73.1 Å². The van der Waals surface area contributed by atoms with E-state index >= 15 is 0 Å². The molecule has 0 radical (unpaired) electrons. The predicted molar refractivity (Wildman–Crippen MR) is 126 cm³/mol. The van der Waals surface area contributed by atoms with E-state index in [0.717, 1.165) is 36.3 Å². The molecule has 2 N–H and O–H groups in total. The van der Waals surface area contributed by atoms with E-state index in [1.54, 1.807) is 30.0 Å². The average molecular weight is 445 g/mol. The van der Waals surface area contributed by atoms with E-state index in [2.05, 4.69) is 23.7 Å². The number of carbonyl (C=O) groups excluding carboxylic acids is 2. The zero-order chi connectivity index (χ0) is 23.4. The number of amides is 2. The van der Waals surface area contributed by atoms with E-state index < -0.39 is 5.91 Å². The minimum atomic E-state index is -0.524. The van der Waals surface area contributed by atoms with E-state index in [9.17, 15) is 9.59 Å². The van der Waals surface area contributed by atoms with E-state index in [1.807, 2.05) is 53.4 Å². The monoisotopic (exact) mass is 444 g/mol. The van der Waals surface area contributed by atoms with Gasteiger partial charge in [-0.25, -0.2) is 5.48 Å². The van der Waals surface area contributed by atoms with Gasteiger partial charge in [0.25, 0.3) is 11.8 Å². The average Bonchev–Trinajstić information content (AvgIpc) is 2.84. The molecule has 1 aromatic heterocycles. The lowest BCUT2D eigenvalue weighted by Gasteiger charge is -2.44. The van der Waals surface area contributed by atoms with Crippen LogP contribution in [0.5, 0.6) is 0 Å². The summed E-state index contributed by atoms with van der Waals surface area (Å²) < 4.78 is 0. The second kappa shape index (κ2) is 9.94. The number of rotatable bonds is 5. The molecule has 1 aliphatic heterocycles. The Bertz CT molecular complexity index is 1110. The van der Waals surface area contributed by atoms with Crippen molar-refractivity contribution in [1.29, 1.82) is 0 Å². The summed E-state index contributed by atoms with van der Waals surface area (Å²) >= 11 is 0. The van der Waals surface area contributed by atoms with Gasteiger partial charge in [0.05, 0.1) is 0 Å². The third kappa shape index (κ3) is 5.10. The number of piperazine rings is 1. The standard InChI is InChI=1S/C26H28N4O3/c1-18-15-29(17-20-6-8-22(9-7-20)25(31)28-33)16-19(2)30(18)26(32)24-5-3-4-23(14-24)21-10-12-27-13-11-21/h3-14,18-19,33H,15-17H2,1-2H3,(H,28,31)/t18-,19+. The summed E-state index contributed by atoms with van der Waals surface area (Å²) in [6.07, 6.45) is 3.50. The van der Waals surface area contributed by atoms with Crippen LogP contribution < -0.4 is 5.48 Å². The van der Waals surface area contributed by atoms with E-state index in [-0.39, 0.29) is 18.0 Å². The Labute approximate surface area is 193 Å². The van der Waals surface area contributed by atoms with E-state index in [0.29, 0.717) is 11.1 Å². The first kappa shape index (κ1) is 22.6. The number of carbonyl (C=O) groups is 2. The third-order valence-corrected chi connectivity index (χ3v) is 6.08. The molecule has 0 saturated carbocycles. The topological polar surface area (TPSA) is 85.8 Å². The van der Waals surface area contributed by atoms with Crippen LogP contribution in [0.1, 0.15) is 40.1 Å². The van der Waals surface area contributed by atoms with E-state index in [1.165, 1.54) is 0 Å². The zero-order valence-corrected chi connectivity index (χ0v) is 18.8. The number of aromatic nitrogens is 1. The Hall–Kier alpha value is -3.55. The molecule has 2 aromatic carbocycles. The Kier molecular flexibility index (Phi) is 6.82. The molecule has 1 aliphatic rings. The molecule has 0 spiro atoms. The van der Waals surface area contributed by atoms with E-state index in [4.69, 9.17) is 5.21 Å². The summed E-state index contributed by atoms with van der Waals surface area (Å²) in [5.41, 5.74) is 5.86. The highest BCUT2D eigenvalue weighted by molar-refractivity contribution is 5.96. The summed E-state index contributed by atoms with van der Waals surface area (Å²) in [4.78, 5) is 33.3. The first-order valence-corrected chi connectivity index (χ1v) is 11.0. The van der Waals surface area contributed by atoms with Gasteiger partial charge in [-0.3, -0.25) is 24.7 Å². The van der Waals surface area contributed by atoms with Crippen LogP contribution in [0.3, 0.4) is 0 Å². The molecule has 0 unspecified atom stereocenters. The molecule has 33 heavy (non-hydrogen) atoms. The number of pyridine rings is 1. The number of hydroxylamine groups is 1. The van der Waals surface area contributed by atoms with Crippen LogP contribution in [0.25, 0.3) is 11.1 Å². The molecule has 3 aromatic rings. The molecule has 0 bridgehead atoms. The predicted octanol–water partition coefficient (Wildman–Crippen LogP) is 3.60. The maximum absolute atomic E-state index is 13.4. The molecule has 7 nitrogen and oxygen atoms in total. The lowest BCUT2D eigenvalue weighted by atomic mass is 10.0. The zero-order valence-electron chi connectivity index (χ0n) is 18.8. The van der Waals surface area contributed by atoms with Crippen molar-refractivity contribution in [3.8, 4) is 11.1 Å². The molecular formula is C26H28N4O3. The smallest absolute Gasteiger partial charge is 0.274 e. The maximum atomic E-state index is 13.4. The van der Waals surface area contributed by atoms with Crippen molar-refractivity contribution in [3.63, 3.8) is 0 Å². The number of hydrogen-bond acceptors (Lipinski definition) is 5. The SMILES string of the molecule is C[C@@H]1CN(Cc2ccc(C(=O)NO)cc2)C[C@H](C)N1C(=O)c1cccc(-c2ccncc2)c1. The van der Waals surface area contributed by atoms with Gasteiger partial charge < -0.3 is 4.90 Å². The van der Waals surface area contributed by atoms with Crippen molar-refractivity contribution >= 4 is 11.8 Å². The lowest BCUT2D eigenvalue weighted by Crippen LogP contribution is -2.58. The van der Waals surface area contributed by atoms with Crippen LogP contribution in [0, 0.1) is 0 Å². The lowest BCUT2D eigenvalue weighted by molar-refractivity contribution is 0.0268. The minimum Gasteiger partial charge on any atom is -0.331 e. The molecule has 2 heterocycles. The van der Waals surface area contributed by atoms with Gasteiger partial charge in [-0.1, -0.05) is 24.3 Å². The van der Waals surface area contributed by atoms with Gasteiger partial charge in [-0.15, -0.1) is 0 Å². The normalized spacial score (nSPS) is 18.7. The highest BCUT2D eigenvalue weighted by Crippen LogP contribution is 2.24. The number of hydrogen-bond donors (Lipinski definition) is 2. The second-order valence-electron chi connectivity index (χ2n) is 8.56. The number of benzene rings is 2. The van der Waals surface area contributed by atoms with Crippen LogP contribution in [-0.2, 0) is 6.54 Å². The molecular weight excluding hydrogens is 416 g/mol. The molecule has 1 saturated heterocycles. The molecule has 4 rings (SSSR count). The Balaban J connectivity index is 1.44. The molecule has 7 heteroatoms. The van der Waals surface area contributed by atoms with Gasteiger partial charge in [0.15, 0.2) is 0 Å². The van der Waals surface area contributed by atoms with Crippen LogP contribution in [0.2, 0.25) is 0 Å². The maximum Gasteiger partial charge on any atom is 0.274 e. The quantitative estimate of drug-likeness (QED) is 0.464. The second-order valence-corrected chi connectivity index (χ2v) is 8.56. The molecule has 170 valence electrons. The van der Waals surface area contributed by atoms with Crippen LogP contribution >= 0.6 is 0 Å². The van der Waals surface area contributed by atoms with Crippen molar-refractivity contribution in [2.45, 2.75) is 32.5 Å². The van der Waals surface area contributed by atoms with Gasteiger partial charge in [-0.05, 0) is 66.9 Å². The largest absolute Gasteiger partial charge is 0.331 e. The van der Waals surface area contributed by atoms with Gasteiger partial charge in [-0.2, -0.15) is 0 Å². The van der Waals surface area contributed by atoms with Crippen LogP contribution in [-0.4, -0.2) is 57.0 Å². The number of nitrogens with zero attached hydrogens (tertiary/aromatic N) is 3. The summed E-state index contributed by atoms with van der Waals surface area (Å²) in [5, 5.41) is 8.76. The molecule has 2 amide bonds. The summed E-state index contributed by atoms with van der Waals surface area (Å²) in [5.74, 6) is -0.478. The fourth-order valence-corrected chi connectivity index (χ4v) is 4.57. The fraction of sp³-hybridized carbons (Fsp3) is 0.269. The Morgan fingerprint density at radius 1 is 0.939 bits per heavy atom. The van der Waals surface area contributed by atoms with Gasteiger partial charge in [0.2, 0.25) is 0 Å². The first-order valence-electron chi connectivity index (χ1n) is 11.0. The molecule has 2 atom stereocenters. The molecule has 1 fully saturated rings. The van der Waals surface area contributed by atoms with Gasteiger partial charge in [0, 0.05) is 55.2 Å².